The van der Waals surface area contributed by atoms with Gasteiger partial charge in [0.15, 0.2) is 5.78 Å². The van der Waals surface area contributed by atoms with E-state index in [1.807, 2.05) is 0 Å². The molecule has 166 valence electrons. The van der Waals surface area contributed by atoms with Crippen molar-refractivity contribution in [2.75, 3.05) is 0 Å². The minimum Gasteiger partial charge on any atom is -0.344 e. The molecule has 1 aromatic carbocycles. The summed E-state index contributed by atoms with van der Waals surface area (Å²) < 4.78 is 28.4. The van der Waals surface area contributed by atoms with Crippen LogP contribution in [0.15, 0.2) is 24.4 Å². The van der Waals surface area contributed by atoms with Crippen molar-refractivity contribution >= 4 is 35.0 Å². The molecule has 7 nitrogen and oxygen atoms in total. The lowest BCUT2D eigenvalue weighted by Crippen LogP contribution is -2.44. The first-order valence-corrected chi connectivity index (χ1v) is 10.3. The lowest BCUT2D eigenvalue weighted by molar-refractivity contribution is -0.133. The first-order chi connectivity index (χ1) is 15.2. The Morgan fingerprint density at radius 3 is 2.72 bits per heavy atom. The number of carbonyl (C=O) groups excluding carboxylic acids is 4. The number of hydrogen-bond acceptors (Lipinski definition) is 5. The van der Waals surface area contributed by atoms with Crippen molar-refractivity contribution in [2.24, 2.45) is 0 Å². The fraction of sp³-hybridized carbons (Fsp3) is 0.318. The summed E-state index contributed by atoms with van der Waals surface area (Å²) in [5, 5.41) is 2.58. The van der Waals surface area contributed by atoms with Crippen molar-refractivity contribution in [3.63, 3.8) is 0 Å². The van der Waals surface area contributed by atoms with Crippen LogP contribution in [0.5, 0.6) is 0 Å². The maximum absolute atomic E-state index is 15.2. The highest BCUT2D eigenvalue weighted by Gasteiger charge is 2.40. The predicted molar refractivity (Wildman–Crippen MR) is 109 cm³/mol. The molecule has 1 aliphatic heterocycles. The second kappa shape index (κ2) is 8.38. The Morgan fingerprint density at radius 2 is 2.03 bits per heavy atom. The van der Waals surface area contributed by atoms with Crippen LogP contribution in [-0.4, -0.2) is 39.3 Å². The highest BCUT2D eigenvalue weighted by atomic mass is 35.5. The summed E-state index contributed by atoms with van der Waals surface area (Å²) in [5.74, 6) is -3.29. The predicted octanol–water partition coefficient (Wildman–Crippen LogP) is 3.15. The van der Waals surface area contributed by atoms with Gasteiger partial charge >= 0.3 is 0 Å². The SMILES string of the molecule is C[C@H](NC(=O)c1ccc2c(c1F)CN(C1CCC(=O)CC1=O)C2=O)c1ncc(F)cc1Cl. The normalized spacial score (nSPS) is 19.2. The number of nitrogens with one attached hydrogen (secondary N) is 1. The van der Waals surface area contributed by atoms with Crippen molar-refractivity contribution in [1.82, 2.24) is 15.2 Å². The highest BCUT2D eigenvalue weighted by molar-refractivity contribution is 6.31. The summed E-state index contributed by atoms with van der Waals surface area (Å²) in [5.41, 5.74) is 0.0429. The van der Waals surface area contributed by atoms with E-state index < -0.39 is 35.5 Å². The summed E-state index contributed by atoms with van der Waals surface area (Å²) in [6.45, 7) is 1.41. The van der Waals surface area contributed by atoms with E-state index in [2.05, 4.69) is 10.3 Å². The first kappa shape index (κ1) is 22.0. The van der Waals surface area contributed by atoms with Gasteiger partial charge < -0.3 is 10.2 Å². The van der Waals surface area contributed by atoms with Gasteiger partial charge in [0.1, 0.15) is 17.4 Å². The Balaban J connectivity index is 1.55. The van der Waals surface area contributed by atoms with Crippen LogP contribution in [0, 0.1) is 11.6 Å². The molecular weight excluding hydrogens is 444 g/mol. The Bertz CT molecular complexity index is 1170. The zero-order valence-electron chi connectivity index (χ0n) is 17.0. The van der Waals surface area contributed by atoms with E-state index in [-0.39, 0.29) is 64.8 Å². The third-order valence-electron chi connectivity index (χ3n) is 5.72. The molecule has 1 aliphatic carbocycles. The number of rotatable bonds is 4. The Labute approximate surface area is 186 Å². The summed E-state index contributed by atoms with van der Waals surface area (Å²) in [6.07, 6.45) is 1.11. The molecule has 4 rings (SSSR count). The second-order valence-corrected chi connectivity index (χ2v) is 8.25. The number of ketones is 2. The quantitative estimate of drug-likeness (QED) is 0.705. The van der Waals surface area contributed by atoms with E-state index in [0.717, 1.165) is 12.3 Å². The molecule has 2 atom stereocenters. The van der Waals surface area contributed by atoms with Crippen LogP contribution >= 0.6 is 11.6 Å². The molecule has 0 saturated heterocycles. The number of benzene rings is 1. The molecule has 2 aliphatic rings. The summed E-state index contributed by atoms with van der Waals surface area (Å²) >= 11 is 5.97. The van der Waals surface area contributed by atoms with Gasteiger partial charge in [-0.3, -0.25) is 24.2 Å². The van der Waals surface area contributed by atoms with E-state index >= 15 is 4.39 Å². The van der Waals surface area contributed by atoms with E-state index in [0.29, 0.717) is 0 Å². The zero-order chi connectivity index (χ0) is 23.2. The van der Waals surface area contributed by atoms with Crippen LogP contribution in [0.3, 0.4) is 0 Å². The van der Waals surface area contributed by atoms with Gasteiger partial charge in [-0.05, 0) is 31.5 Å². The van der Waals surface area contributed by atoms with E-state index in [1.165, 1.54) is 17.0 Å². The van der Waals surface area contributed by atoms with Crippen LogP contribution in [0.25, 0.3) is 0 Å². The second-order valence-electron chi connectivity index (χ2n) is 7.84. The van der Waals surface area contributed by atoms with Crippen LogP contribution in [0.1, 0.15) is 64.2 Å². The lowest BCUT2D eigenvalue weighted by Gasteiger charge is -2.29. The van der Waals surface area contributed by atoms with Gasteiger partial charge in [-0.2, -0.15) is 0 Å². The minimum atomic E-state index is -0.861. The Morgan fingerprint density at radius 1 is 1.28 bits per heavy atom. The molecule has 1 unspecified atom stereocenters. The third-order valence-corrected chi connectivity index (χ3v) is 6.02. The number of halogens is 3. The van der Waals surface area contributed by atoms with E-state index in [1.54, 1.807) is 6.92 Å². The first-order valence-electron chi connectivity index (χ1n) is 9.96. The van der Waals surface area contributed by atoms with Gasteiger partial charge in [0.05, 0.1) is 47.5 Å². The summed E-state index contributed by atoms with van der Waals surface area (Å²) in [6, 6.07) is 2.09. The van der Waals surface area contributed by atoms with Gasteiger partial charge in [0, 0.05) is 17.5 Å². The monoisotopic (exact) mass is 461 g/mol. The van der Waals surface area contributed by atoms with Gasteiger partial charge in [-0.1, -0.05) is 11.6 Å². The molecule has 2 aromatic rings. The molecule has 1 aromatic heterocycles. The zero-order valence-corrected chi connectivity index (χ0v) is 17.7. The van der Waals surface area contributed by atoms with Crippen molar-refractivity contribution in [2.45, 2.75) is 44.8 Å². The van der Waals surface area contributed by atoms with Crippen LogP contribution < -0.4 is 5.32 Å². The molecule has 1 N–H and O–H groups in total. The standard InChI is InChI=1S/C22H18ClF2N3O4/c1-10(20-16(23)6-11(24)8-26-20)27-21(31)14-4-3-13-15(19(14)25)9-28(22(13)32)17-5-2-12(29)7-18(17)30/h3-4,6,8,10,17H,2,5,7,9H2,1H3,(H,27,31)/t10-,17?/m0/s1. The molecule has 2 heterocycles. The molecular formula is C22H18ClF2N3O4. The molecule has 0 bridgehead atoms. The highest BCUT2D eigenvalue weighted by Crippen LogP contribution is 2.32. The Hall–Kier alpha value is -3.20. The summed E-state index contributed by atoms with van der Waals surface area (Å²) in [7, 11) is 0. The van der Waals surface area contributed by atoms with Crippen LogP contribution in [0.2, 0.25) is 5.02 Å². The topological polar surface area (TPSA) is 96.4 Å². The number of amides is 2. The molecule has 0 spiro atoms. The molecule has 1 fully saturated rings. The average molecular weight is 462 g/mol. The van der Waals surface area contributed by atoms with Crippen molar-refractivity contribution in [3.05, 3.63) is 63.4 Å². The van der Waals surface area contributed by atoms with Crippen molar-refractivity contribution in [3.8, 4) is 0 Å². The number of fused-ring (bicyclic) bond motifs is 1. The van der Waals surface area contributed by atoms with E-state index in [9.17, 15) is 23.6 Å². The minimum absolute atomic E-state index is 0.0177. The maximum Gasteiger partial charge on any atom is 0.255 e. The average Bonchev–Trinajstić information content (AvgIpc) is 3.05. The molecule has 1 saturated carbocycles. The number of hydrogen-bond donors (Lipinski definition) is 1. The molecule has 32 heavy (non-hydrogen) atoms. The van der Waals surface area contributed by atoms with Crippen molar-refractivity contribution in [1.29, 1.82) is 0 Å². The number of pyridine rings is 1. The molecule has 2 amide bonds. The number of carbonyl (C=O) groups is 4. The van der Waals surface area contributed by atoms with Gasteiger partial charge in [0.25, 0.3) is 11.8 Å². The molecule has 0 radical (unpaired) electrons. The number of nitrogens with zero attached hydrogens (tertiary/aromatic N) is 2. The van der Waals surface area contributed by atoms with Crippen LogP contribution in [-0.2, 0) is 16.1 Å². The fourth-order valence-corrected chi connectivity index (χ4v) is 4.39. The summed E-state index contributed by atoms with van der Waals surface area (Å²) in [4.78, 5) is 54.3. The fourth-order valence-electron chi connectivity index (χ4n) is 4.08. The maximum atomic E-state index is 15.2. The van der Waals surface area contributed by atoms with Gasteiger partial charge in [0.2, 0.25) is 0 Å². The van der Waals surface area contributed by atoms with E-state index in [4.69, 9.17) is 11.6 Å². The smallest absolute Gasteiger partial charge is 0.255 e. The van der Waals surface area contributed by atoms with Gasteiger partial charge in [-0.25, -0.2) is 8.78 Å². The third kappa shape index (κ3) is 3.88. The molecule has 10 heteroatoms. The number of Topliss-reactive ketones (excluding diaryl/α,β-unsaturated/α-hetero) is 2. The Kier molecular flexibility index (Phi) is 5.77. The number of aromatic nitrogens is 1. The largest absolute Gasteiger partial charge is 0.344 e. The van der Waals surface area contributed by atoms with Crippen LogP contribution in [0.4, 0.5) is 8.78 Å². The van der Waals surface area contributed by atoms with Gasteiger partial charge in [-0.15, -0.1) is 0 Å². The van der Waals surface area contributed by atoms with Crippen molar-refractivity contribution < 1.29 is 28.0 Å². The lowest BCUT2D eigenvalue weighted by atomic mass is 9.92.